The second-order valence-corrected chi connectivity index (χ2v) is 17.0. The lowest BCUT2D eigenvalue weighted by molar-refractivity contribution is -0.140. The number of likely N-dealkylation sites (tertiary alicyclic amines) is 2. The molecule has 2 aliphatic rings. The maximum absolute atomic E-state index is 13.1. The monoisotopic (exact) mass is 768 g/mol. The lowest BCUT2D eigenvalue weighted by Crippen LogP contribution is -2.40. The number of imide groups is 2. The normalized spacial score (nSPS) is 17.3. The summed E-state index contributed by atoms with van der Waals surface area (Å²) < 4.78 is 0. The molecule has 7 heteroatoms. The molecule has 0 bridgehead atoms. The fraction of sp³-hybridized carbons (Fsp3) is 0.833. The van der Waals surface area contributed by atoms with Gasteiger partial charge in [-0.15, -0.1) is 0 Å². The molecular formula is C48H85N3O4. The third-order valence-electron chi connectivity index (χ3n) is 12.2. The zero-order valence-electron chi connectivity index (χ0n) is 36.1. The van der Waals surface area contributed by atoms with E-state index in [1.54, 1.807) is 0 Å². The first-order valence-electron chi connectivity index (χ1n) is 23.6. The van der Waals surface area contributed by atoms with E-state index in [0.29, 0.717) is 26.2 Å². The zero-order valence-corrected chi connectivity index (χ0v) is 36.1. The van der Waals surface area contributed by atoms with Crippen molar-refractivity contribution in [2.24, 2.45) is 11.8 Å². The van der Waals surface area contributed by atoms with Crippen molar-refractivity contribution >= 4 is 23.6 Å². The molecule has 2 saturated heterocycles. The molecule has 0 spiro atoms. The van der Waals surface area contributed by atoms with Gasteiger partial charge >= 0.3 is 0 Å². The molecule has 0 aromatic heterocycles. The minimum absolute atomic E-state index is 0.132. The minimum atomic E-state index is -0.399. The van der Waals surface area contributed by atoms with Gasteiger partial charge in [-0.05, 0) is 25.7 Å². The Balaban J connectivity index is 1.48. The Kier molecular flexibility index (Phi) is 28.2. The first kappa shape index (κ1) is 48.9. The summed E-state index contributed by atoms with van der Waals surface area (Å²) in [7, 11) is 0. The van der Waals surface area contributed by atoms with Gasteiger partial charge < -0.3 is 5.32 Å². The van der Waals surface area contributed by atoms with E-state index < -0.39 is 11.8 Å². The summed E-state index contributed by atoms with van der Waals surface area (Å²) in [4.78, 5) is 54.3. The van der Waals surface area contributed by atoms with Gasteiger partial charge in [0, 0.05) is 39.0 Å². The van der Waals surface area contributed by atoms with Gasteiger partial charge in [0.25, 0.3) is 0 Å². The summed E-state index contributed by atoms with van der Waals surface area (Å²) in [6, 6.07) is 0. The lowest BCUT2D eigenvalue weighted by atomic mass is 9.93. The first-order chi connectivity index (χ1) is 26.8. The number of hydrogen-bond acceptors (Lipinski definition) is 5. The van der Waals surface area contributed by atoms with Crippen LogP contribution in [0, 0.1) is 11.8 Å². The van der Waals surface area contributed by atoms with Gasteiger partial charge in [-0.1, -0.05) is 205 Å². The van der Waals surface area contributed by atoms with Gasteiger partial charge in [0.15, 0.2) is 0 Å². The summed E-state index contributed by atoms with van der Waals surface area (Å²) in [5.74, 6) is -1.33. The Hall–Kier alpha value is -2.28. The van der Waals surface area contributed by atoms with E-state index in [-0.39, 0.29) is 36.5 Å². The number of nitrogens with zero attached hydrogens (tertiary/aromatic N) is 2. The van der Waals surface area contributed by atoms with Crippen molar-refractivity contribution in [3.63, 3.8) is 0 Å². The average molecular weight is 768 g/mol. The minimum Gasteiger partial charge on any atom is -0.313 e. The molecule has 2 unspecified atom stereocenters. The van der Waals surface area contributed by atoms with Crippen LogP contribution in [0.1, 0.15) is 219 Å². The summed E-state index contributed by atoms with van der Waals surface area (Å²) in [6.45, 7) is 14.4. The molecule has 4 amide bonds. The highest BCUT2D eigenvalue weighted by atomic mass is 16.2. The van der Waals surface area contributed by atoms with Crippen molar-refractivity contribution in [3.05, 3.63) is 24.3 Å². The Morgan fingerprint density at radius 2 is 0.709 bits per heavy atom. The molecule has 2 rings (SSSR count). The van der Waals surface area contributed by atoms with Gasteiger partial charge in [-0.2, -0.15) is 0 Å². The van der Waals surface area contributed by atoms with E-state index in [1.165, 1.54) is 164 Å². The second-order valence-electron chi connectivity index (χ2n) is 17.0. The van der Waals surface area contributed by atoms with Crippen LogP contribution < -0.4 is 5.32 Å². The van der Waals surface area contributed by atoms with Crippen LogP contribution in [0.15, 0.2) is 24.3 Å². The van der Waals surface area contributed by atoms with Crippen LogP contribution in [0.2, 0.25) is 0 Å². The van der Waals surface area contributed by atoms with Crippen LogP contribution in [0.4, 0.5) is 0 Å². The van der Waals surface area contributed by atoms with Crippen molar-refractivity contribution in [2.45, 2.75) is 219 Å². The average Bonchev–Trinajstić information content (AvgIpc) is 3.63. The number of amides is 4. The number of unbranched alkanes of at least 4 members (excludes halogenated alkanes) is 26. The van der Waals surface area contributed by atoms with Crippen LogP contribution in [-0.2, 0) is 19.2 Å². The van der Waals surface area contributed by atoms with Crippen molar-refractivity contribution in [1.82, 2.24) is 15.1 Å². The molecule has 2 aliphatic heterocycles. The molecule has 2 fully saturated rings. The van der Waals surface area contributed by atoms with Crippen LogP contribution in [0.3, 0.4) is 0 Å². The second kappa shape index (κ2) is 31.8. The van der Waals surface area contributed by atoms with Gasteiger partial charge in [-0.3, -0.25) is 29.0 Å². The molecule has 316 valence electrons. The van der Waals surface area contributed by atoms with Crippen molar-refractivity contribution in [1.29, 1.82) is 0 Å². The fourth-order valence-electron chi connectivity index (χ4n) is 8.42. The van der Waals surface area contributed by atoms with E-state index in [2.05, 4.69) is 32.3 Å². The number of hydrogen-bond donors (Lipinski definition) is 1. The molecular weight excluding hydrogens is 683 g/mol. The summed E-state index contributed by atoms with van der Waals surface area (Å²) >= 11 is 0. The maximum Gasteiger partial charge on any atom is 0.236 e. The summed E-state index contributed by atoms with van der Waals surface area (Å²) in [5, 5.41) is 3.24. The van der Waals surface area contributed by atoms with E-state index >= 15 is 0 Å². The van der Waals surface area contributed by atoms with Crippen LogP contribution in [-0.4, -0.2) is 59.6 Å². The molecule has 0 aromatic rings. The van der Waals surface area contributed by atoms with E-state index in [0.717, 1.165) is 49.7 Å². The topological polar surface area (TPSA) is 86.8 Å². The lowest BCUT2D eigenvalue weighted by Gasteiger charge is -2.18. The molecule has 2 heterocycles. The molecule has 0 radical (unpaired) electrons. The molecule has 1 N–H and O–H groups in total. The van der Waals surface area contributed by atoms with Crippen molar-refractivity contribution in [2.75, 3.05) is 26.2 Å². The van der Waals surface area contributed by atoms with Gasteiger partial charge in [0.1, 0.15) is 0 Å². The predicted molar refractivity (Wildman–Crippen MR) is 231 cm³/mol. The third-order valence-corrected chi connectivity index (χ3v) is 12.2. The highest BCUT2D eigenvalue weighted by Crippen LogP contribution is 2.30. The SMILES string of the molecule is C=C(CCCCCCCCCCCCCCCC)C1CC(=O)N(CCNCCN2C(=O)CC(C(=C)CCCCCCCCCCCCCCCC)C2=O)C1=O. The van der Waals surface area contributed by atoms with Gasteiger partial charge in [-0.25, -0.2) is 0 Å². The number of carbonyl (C=O) groups excluding carboxylic acids is 4. The van der Waals surface area contributed by atoms with Gasteiger partial charge in [0.05, 0.1) is 11.8 Å². The van der Waals surface area contributed by atoms with E-state index in [1.807, 2.05) is 0 Å². The third kappa shape index (κ3) is 21.2. The van der Waals surface area contributed by atoms with Crippen LogP contribution in [0.25, 0.3) is 0 Å². The quantitative estimate of drug-likeness (QED) is 0.0384. The smallest absolute Gasteiger partial charge is 0.236 e. The Morgan fingerprint density at radius 3 is 0.982 bits per heavy atom. The highest BCUT2D eigenvalue weighted by Gasteiger charge is 2.40. The fourth-order valence-corrected chi connectivity index (χ4v) is 8.42. The molecule has 55 heavy (non-hydrogen) atoms. The highest BCUT2D eigenvalue weighted by molar-refractivity contribution is 6.05. The van der Waals surface area contributed by atoms with E-state index in [4.69, 9.17) is 0 Å². The molecule has 0 aliphatic carbocycles. The summed E-state index contributed by atoms with van der Waals surface area (Å²) in [6.07, 6.45) is 38.8. The summed E-state index contributed by atoms with van der Waals surface area (Å²) in [5.41, 5.74) is 1.78. The van der Waals surface area contributed by atoms with E-state index in [9.17, 15) is 19.2 Å². The zero-order chi connectivity index (χ0) is 39.9. The number of carbonyl (C=O) groups is 4. The number of nitrogens with one attached hydrogen (secondary N) is 1. The Bertz CT molecular complexity index is 1020. The largest absolute Gasteiger partial charge is 0.313 e. The van der Waals surface area contributed by atoms with Crippen molar-refractivity contribution < 1.29 is 19.2 Å². The van der Waals surface area contributed by atoms with Crippen LogP contribution >= 0.6 is 0 Å². The first-order valence-corrected chi connectivity index (χ1v) is 23.6. The maximum atomic E-state index is 13.1. The van der Waals surface area contributed by atoms with Crippen LogP contribution in [0.5, 0.6) is 0 Å². The molecule has 7 nitrogen and oxygen atoms in total. The predicted octanol–water partition coefficient (Wildman–Crippen LogP) is 12.2. The Labute approximate surface area is 338 Å². The molecule has 2 atom stereocenters. The number of rotatable bonds is 38. The molecule has 0 aromatic carbocycles. The van der Waals surface area contributed by atoms with Crippen molar-refractivity contribution in [3.8, 4) is 0 Å². The molecule has 0 saturated carbocycles. The Morgan fingerprint density at radius 1 is 0.455 bits per heavy atom. The van der Waals surface area contributed by atoms with Gasteiger partial charge in [0.2, 0.25) is 23.6 Å². The standard InChI is InChI=1S/C48H85N3O4/c1-5-7-9-11-13-15-17-19-21-23-25-27-29-31-33-41(3)43-39-45(52)50(47(43)54)37-35-49-36-38-51-46(53)40-44(48(51)55)42(4)34-32-30-28-26-24-22-20-18-16-14-12-10-8-6-2/h43-44,49H,3-40H2,1-2H3.